The van der Waals surface area contributed by atoms with Crippen LogP contribution in [0, 0.1) is 5.92 Å². The smallest absolute Gasteiger partial charge is 0.255 e. The molecule has 0 radical (unpaired) electrons. The zero-order chi connectivity index (χ0) is 21.0. The second-order valence-corrected chi connectivity index (χ2v) is 9.34. The Morgan fingerprint density at radius 3 is 2.52 bits per heavy atom. The number of benzene rings is 2. The van der Waals surface area contributed by atoms with Gasteiger partial charge in [0, 0.05) is 23.4 Å². The minimum atomic E-state index is -3.42. The van der Waals surface area contributed by atoms with Crippen LogP contribution in [0.1, 0.15) is 29.6 Å². The van der Waals surface area contributed by atoms with Crippen LogP contribution in [0.4, 0.5) is 11.4 Å². The molecule has 0 aromatic heterocycles. The number of amides is 2. The van der Waals surface area contributed by atoms with Gasteiger partial charge in [-0.05, 0) is 55.7 Å². The number of rotatable bonds is 5. The second kappa shape index (κ2) is 8.80. The molecule has 6 nitrogen and oxygen atoms in total. The van der Waals surface area contributed by atoms with E-state index in [2.05, 4.69) is 16.7 Å². The van der Waals surface area contributed by atoms with Crippen molar-refractivity contribution >= 4 is 44.6 Å². The summed E-state index contributed by atoms with van der Waals surface area (Å²) >= 11 is 6.26. The summed E-state index contributed by atoms with van der Waals surface area (Å²) in [5.41, 5.74) is 1.11. The lowest BCUT2D eigenvalue weighted by atomic mass is 9.93. The number of anilines is 2. The predicted molar refractivity (Wildman–Crippen MR) is 114 cm³/mol. The Bertz CT molecular complexity index is 1080. The lowest BCUT2D eigenvalue weighted by Crippen LogP contribution is -2.23. The molecule has 0 fully saturated rings. The van der Waals surface area contributed by atoms with Gasteiger partial charge >= 0.3 is 0 Å². The van der Waals surface area contributed by atoms with Gasteiger partial charge < -0.3 is 10.6 Å². The highest BCUT2D eigenvalue weighted by Gasteiger charge is 2.19. The number of carbonyl (C=O) groups excluding carboxylic acids is 2. The summed E-state index contributed by atoms with van der Waals surface area (Å²) in [6, 6.07) is 10.6. The van der Waals surface area contributed by atoms with Crippen LogP contribution in [0.15, 0.2) is 59.5 Å². The third-order valence-corrected chi connectivity index (χ3v) is 6.07. The van der Waals surface area contributed by atoms with Crippen LogP contribution in [0.25, 0.3) is 0 Å². The number of hydrogen-bond acceptors (Lipinski definition) is 4. The molecule has 152 valence electrons. The fourth-order valence-electron chi connectivity index (χ4n) is 3.03. The van der Waals surface area contributed by atoms with Crippen molar-refractivity contribution in [2.75, 3.05) is 16.9 Å². The van der Waals surface area contributed by atoms with Gasteiger partial charge in [-0.25, -0.2) is 8.42 Å². The largest absolute Gasteiger partial charge is 0.326 e. The maximum atomic E-state index is 12.5. The number of sulfone groups is 1. The molecular weight excluding hydrogens is 412 g/mol. The van der Waals surface area contributed by atoms with Gasteiger partial charge in [0.2, 0.25) is 5.91 Å². The highest BCUT2D eigenvalue weighted by molar-refractivity contribution is 7.90. The van der Waals surface area contributed by atoms with Crippen LogP contribution >= 0.6 is 11.6 Å². The number of allylic oxidation sites excluding steroid dienone is 2. The Morgan fingerprint density at radius 1 is 1.07 bits per heavy atom. The fraction of sp³-hybridized carbons (Fsp3) is 0.238. The first kappa shape index (κ1) is 21.1. The maximum absolute atomic E-state index is 12.5. The third kappa shape index (κ3) is 5.46. The number of nitrogens with one attached hydrogen (secondary N) is 2. The van der Waals surface area contributed by atoms with Crippen LogP contribution in [0.2, 0.25) is 5.02 Å². The molecule has 1 atom stereocenters. The molecule has 3 rings (SSSR count). The average Bonchev–Trinajstić information content (AvgIpc) is 2.70. The lowest BCUT2D eigenvalue weighted by molar-refractivity contribution is -0.120. The van der Waals surface area contributed by atoms with Crippen molar-refractivity contribution < 1.29 is 18.0 Å². The van der Waals surface area contributed by atoms with E-state index in [0.717, 1.165) is 25.5 Å². The normalized spacial score (nSPS) is 16.3. The quantitative estimate of drug-likeness (QED) is 0.689. The summed E-state index contributed by atoms with van der Waals surface area (Å²) in [5, 5.41) is 5.78. The van der Waals surface area contributed by atoms with E-state index >= 15 is 0 Å². The van der Waals surface area contributed by atoms with E-state index in [1.807, 2.05) is 6.08 Å². The van der Waals surface area contributed by atoms with Gasteiger partial charge in [0.1, 0.15) is 0 Å². The fourth-order valence-corrected chi connectivity index (χ4v) is 3.93. The summed E-state index contributed by atoms with van der Waals surface area (Å²) in [5.74, 6) is -0.594. The summed E-state index contributed by atoms with van der Waals surface area (Å²) < 4.78 is 23.3. The van der Waals surface area contributed by atoms with Gasteiger partial charge in [-0.1, -0.05) is 29.8 Å². The highest BCUT2D eigenvalue weighted by atomic mass is 35.5. The van der Waals surface area contributed by atoms with Crippen LogP contribution in [-0.2, 0) is 14.6 Å². The second-order valence-electron chi connectivity index (χ2n) is 6.92. The minimum absolute atomic E-state index is 0.0553. The molecule has 0 unspecified atom stereocenters. The maximum Gasteiger partial charge on any atom is 0.255 e. The molecule has 0 heterocycles. The van der Waals surface area contributed by atoms with Gasteiger partial charge in [0.15, 0.2) is 9.84 Å². The number of carbonyl (C=O) groups is 2. The molecule has 1 aliphatic carbocycles. The Kier molecular flexibility index (Phi) is 6.39. The summed E-state index contributed by atoms with van der Waals surface area (Å²) in [6.07, 6.45) is 7.60. The monoisotopic (exact) mass is 432 g/mol. The van der Waals surface area contributed by atoms with Gasteiger partial charge in [-0.2, -0.15) is 0 Å². The summed E-state index contributed by atoms with van der Waals surface area (Å²) in [6.45, 7) is 0. The molecule has 0 bridgehead atoms. The van der Waals surface area contributed by atoms with Crippen LogP contribution in [0.3, 0.4) is 0 Å². The molecule has 2 amide bonds. The molecule has 2 aromatic rings. The van der Waals surface area contributed by atoms with Gasteiger partial charge in [-0.15, -0.1) is 0 Å². The van der Waals surface area contributed by atoms with E-state index in [-0.39, 0.29) is 27.3 Å². The Labute approximate surface area is 174 Å². The number of hydrogen-bond donors (Lipinski definition) is 2. The van der Waals surface area contributed by atoms with Gasteiger partial charge in [0.05, 0.1) is 15.6 Å². The summed E-state index contributed by atoms with van der Waals surface area (Å²) in [4.78, 5) is 24.9. The molecule has 1 aliphatic rings. The zero-order valence-corrected chi connectivity index (χ0v) is 17.4. The molecule has 0 saturated heterocycles. The molecule has 29 heavy (non-hydrogen) atoms. The van der Waals surface area contributed by atoms with E-state index in [1.165, 1.54) is 24.3 Å². The van der Waals surface area contributed by atoms with E-state index in [4.69, 9.17) is 11.6 Å². The molecule has 8 heteroatoms. The van der Waals surface area contributed by atoms with Crippen molar-refractivity contribution in [1.82, 2.24) is 0 Å². The standard InChI is InChI=1S/C21H21ClN2O4S/c1-29(27,28)17-9-5-8-15(12-17)21(26)24-19-11-10-16(13-18(19)22)23-20(25)14-6-3-2-4-7-14/h2-3,5,8-14H,4,6-7H2,1H3,(H,23,25)(H,24,26)/t14-/m0/s1. The third-order valence-electron chi connectivity index (χ3n) is 4.65. The van der Waals surface area contributed by atoms with Gasteiger partial charge in [0.25, 0.3) is 5.91 Å². The van der Waals surface area contributed by atoms with Crippen molar-refractivity contribution in [3.8, 4) is 0 Å². The van der Waals surface area contributed by atoms with Crippen molar-refractivity contribution in [3.63, 3.8) is 0 Å². The van der Waals surface area contributed by atoms with Crippen molar-refractivity contribution in [2.24, 2.45) is 5.92 Å². The van der Waals surface area contributed by atoms with E-state index in [9.17, 15) is 18.0 Å². The minimum Gasteiger partial charge on any atom is -0.326 e. The Balaban J connectivity index is 1.70. The van der Waals surface area contributed by atoms with E-state index in [0.29, 0.717) is 11.4 Å². The molecule has 0 aliphatic heterocycles. The SMILES string of the molecule is CS(=O)(=O)c1cccc(C(=O)Nc2ccc(NC(=O)[C@H]3CC=CCC3)cc2Cl)c1. The average molecular weight is 433 g/mol. The predicted octanol–water partition coefficient (Wildman–Crippen LogP) is 4.29. The van der Waals surface area contributed by atoms with Crippen molar-refractivity contribution in [3.05, 3.63) is 65.2 Å². The Morgan fingerprint density at radius 2 is 1.86 bits per heavy atom. The van der Waals surface area contributed by atoms with Crippen molar-refractivity contribution in [2.45, 2.75) is 24.2 Å². The molecule has 2 N–H and O–H groups in total. The topological polar surface area (TPSA) is 92.3 Å². The Hall–Kier alpha value is -2.64. The highest BCUT2D eigenvalue weighted by Crippen LogP contribution is 2.27. The first-order valence-corrected chi connectivity index (χ1v) is 11.4. The number of halogens is 1. The molecule has 2 aromatic carbocycles. The van der Waals surface area contributed by atoms with Crippen LogP contribution < -0.4 is 10.6 Å². The zero-order valence-electron chi connectivity index (χ0n) is 15.8. The first-order valence-electron chi connectivity index (χ1n) is 9.11. The molecule has 0 spiro atoms. The van der Waals surface area contributed by atoms with Crippen LogP contribution in [-0.4, -0.2) is 26.5 Å². The van der Waals surface area contributed by atoms with Crippen LogP contribution in [0.5, 0.6) is 0 Å². The first-order chi connectivity index (χ1) is 13.7. The van der Waals surface area contributed by atoms with E-state index in [1.54, 1.807) is 18.2 Å². The lowest BCUT2D eigenvalue weighted by Gasteiger charge is -2.17. The van der Waals surface area contributed by atoms with E-state index < -0.39 is 15.7 Å². The van der Waals surface area contributed by atoms with Gasteiger partial charge in [-0.3, -0.25) is 9.59 Å². The van der Waals surface area contributed by atoms with Crippen molar-refractivity contribution in [1.29, 1.82) is 0 Å². The summed E-state index contributed by atoms with van der Waals surface area (Å²) in [7, 11) is -3.42. The molecule has 0 saturated carbocycles. The molecular formula is C21H21ClN2O4S.